The normalized spacial score (nSPS) is 14.4. The molecule has 1 unspecified atom stereocenters. The SMILES string of the molecule is CCNC(CN(C)C(CC)CC)(C(N)=O)c1ccccc1. The predicted octanol–water partition coefficient (Wildman–Crippen LogP) is 2.10. The minimum atomic E-state index is -0.840. The van der Waals surface area contributed by atoms with Crippen LogP contribution in [0.4, 0.5) is 0 Å². The fraction of sp³-hybridized carbons (Fsp3) is 0.588. The lowest BCUT2D eigenvalue weighted by Crippen LogP contribution is -2.59. The number of hydrogen-bond acceptors (Lipinski definition) is 3. The van der Waals surface area contributed by atoms with Crippen molar-refractivity contribution in [2.24, 2.45) is 5.73 Å². The number of likely N-dealkylation sites (N-methyl/N-ethyl adjacent to an activating group) is 2. The molecule has 118 valence electrons. The molecule has 0 aromatic heterocycles. The number of nitrogens with two attached hydrogens (primary N) is 1. The van der Waals surface area contributed by atoms with Crippen molar-refractivity contribution in [3.05, 3.63) is 35.9 Å². The van der Waals surface area contributed by atoms with E-state index in [1.807, 2.05) is 37.3 Å². The zero-order valence-corrected chi connectivity index (χ0v) is 13.7. The zero-order chi connectivity index (χ0) is 15.9. The van der Waals surface area contributed by atoms with E-state index in [9.17, 15) is 4.79 Å². The molecular weight excluding hydrogens is 262 g/mol. The van der Waals surface area contributed by atoms with Crippen molar-refractivity contribution in [2.45, 2.75) is 45.2 Å². The quantitative estimate of drug-likeness (QED) is 0.732. The molecule has 0 aliphatic carbocycles. The van der Waals surface area contributed by atoms with Crippen molar-refractivity contribution < 1.29 is 4.79 Å². The van der Waals surface area contributed by atoms with Crippen molar-refractivity contribution in [1.82, 2.24) is 10.2 Å². The van der Waals surface area contributed by atoms with Crippen molar-refractivity contribution in [3.63, 3.8) is 0 Å². The molecular formula is C17H29N3O. The molecule has 0 aliphatic heterocycles. The van der Waals surface area contributed by atoms with Crippen molar-refractivity contribution >= 4 is 5.91 Å². The molecule has 21 heavy (non-hydrogen) atoms. The number of carbonyl (C=O) groups is 1. The lowest BCUT2D eigenvalue weighted by molar-refractivity contribution is -0.125. The third-order valence-electron chi connectivity index (χ3n) is 4.22. The first kappa shape index (κ1) is 17.7. The van der Waals surface area contributed by atoms with Gasteiger partial charge in [0, 0.05) is 12.6 Å². The number of benzene rings is 1. The van der Waals surface area contributed by atoms with E-state index < -0.39 is 5.54 Å². The summed E-state index contributed by atoms with van der Waals surface area (Å²) in [5.41, 5.74) is 5.88. The van der Waals surface area contributed by atoms with Gasteiger partial charge in [-0.2, -0.15) is 0 Å². The molecule has 0 saturated carbocycles. The first-order valence-corrected chi connectivity index (χ1v) is 7.82. The van der Waals surface area contributed by atoms with Crippen LogP contribution in [0.15, 0.2) is 30.3 Å². The molecule has 1 rings (SSSR count). The highest BCUT2D eigenvalue weighted by molar-refractivity contribution is 5.86. The topological polar surface area (TPSA) is 58.4 Å². The van der Waals surface area contributed by atoms with Gasteiger partial charge in [-0.15, -0.1) is 0 Å². The maximum Gasteiger partial charge on any atom is 0.243 e. The molecule has 4 nitrogen and oxygen atoms in total. The summed E-state index contributed by atoms with van der Waals surface area (Å²) in [6.45, 7) is 7.61. The summed E-state index contributed by atoms with van der Waals surface area (Å²) >= 11 is 0. The van der Waals surface area contributed by atoms with Crippen LogP contribution in [0.1, 0.15) is 39.2 Å². The third-order valence-corrected chi connectivity index (χ3v) is 4.22. The van der Waals surface area contributed by atoms with Crippen LogP contribution in [0.5, 0.6) is 0 Å². The Morgan fingerprint density at radius 3 is 2.24 bits per heavy atom. The highest BCUT2D eigenvalue weighted by atomic mass is 16.1. The van der Waals surface area contributed by atoms with Crippen LogP contribution in [0.2, 0.25) is 0 Å². The summed E-state index contributed by atoms with van der Waals surface area (Å²) in [4.78, 5) is 14.5. The standard InChI is InChI=1S/C17H29N3O/c1-5-15(6-2)20(4)13-17(16(18)21,19-7-3)14-11-9-8-10-12-14/h8-12,15,19H,5-7,13H2,1-4H3,(H2,18,21). The Balaban J connectivity index is 3.16. The number of primary amides is 1. The highest BCUT2D eigenvalue weighted by Crippen LogP contribution is 2.24. The van der Waals surface area contributed by atoms with Gasteiger partial charge >= 0.3 is 0 Å². The molecule has 0 spiro atoms. The average Bonchev–Trinajstić information content (AvgIpc) is 2.48. The Morgan fingerprint density at radius 1 is 1.24 bits per heavy atom. The van der Waals surface area contributed by atoms with Gasteiger partial charge in [-0.25, -0.2) is 0 Å². The lowest BCUT2D eigenvalue weighted by Gasteiger charge is -2.38. The van der Waals surface area contributed by atoms with Gasteiger partial charge in [0.05, 0.1) is 0 Å². The summed E-state index contributed by atoms with van der Waals surface area (Å²) in [6, 6.07) is 10.2. The van der Waals surface area contributed by atoms with Crippen LogP contribution in [-0.4, -0.2) is 37.0 Å². The van der Waals surface area contributed by atoms with E-state index in [2.05, 4.69) is 31.1 Å². The van der Waals surface area contributed by atoms with Crippen LogP contribution >= 0.6 is 0 Å². The molecule has 1 aromatic carbocycles. The molecule has 0 bridgehead atoms. The van der Waals surface area contributed by atoms with Crippen molar-refractivity contribution in [3.8, 4) is 0 Å². The minimum absolute atomic E-state index is 0.326. The lowest BCUT2D eigenvalue weighted by atomic mass is 9.87. The summed E-state index contributed by atoms with van der Waals surface area (Å²) in [6.07, 6.45) is 2.12. The van der Waals surface area contributed by atoms with Gasteiger partial charge in [-0.3, -0.25) is 10.1 Å². The highest BCUT2D eigenvalue weighted by Gasteiger charge is 2.39. The Kier molecular flexibility index (Phi) is 6.85. The van der Waals surface area contributed by atoms with Crippen LogP contribution in [0.3, 0.4) is 0 Å². The van der Waals surface area contributed by atoms with Crippen molar-refractivity contribution in [2.75, 3.05) is 20.1 Å². The fourth-order valence-electron chi connectivity index (χ4n) is 3.00. The largest absolute Gasteiger partial charge is 0.368 e. The van der Waals surface area contributed by atoms with Crippen LogP contribution in [-0.2, 0) is 10.3 Å². The molecule has 0 saturated heterocycles. The average molecular weight is 291 g/mol. The second-order valence-corrected chi connectivity index (χ2v) is 5.55. The number of rotatable bonds is 9. The molecule has 0 aliphatic rings. The van der Waals surface area contributed by atoms with E-state index in [1.165, 1.54) is 0 Å². The van der Waals surface area contributed by atoms with Gasteiger partial charge in [0.1, 0.15) is 5.54 Å². The van der Waals surface area contributed by atoms with Gasteiger partial charge in [0.2, 0.25) is 5.91 Å². The number of nitrogens with zero attached hydrogens (tertiary/aromatic N) is 1. The van der Waals surface area contributed by atoms with Gasteiger partial charge in [0.15, 0.2) is 0 Å². The van der Waals surface area contributed by atoms with Gasteiger partial charge in [-0.1, -0.05) is 51.1 Å². The first-order chi connectivity index (χ1) is 10.0. The molecule has 0 heterocycles. The predicted molar refractivity (Wildman–Crippen MR) is 88.0 cm³/mol. The van der Waals surface area contributed by atoms with Crippen LogP contribution < -0.4 is 11.1 Å². The molecule has 1 amide bonds. The Labute approximate surface area is 128 Å². The maximum absolute atomic E-state index is 12.3. The molecule has 0 radical (unpaired) electrons. The molecule has 1 atom stereocenters. The van der Waals surface area contributed by atoms with E-state index in [4.69, 9.17) is 5.73 Å². The first-order valence-electron chi connectivity index (χ1n) is 7.82. The zero-order valence-electron chi connectivity index (χ0n) is 13.7. The third kappa shape index (κ3) is 4.05. The molecule has 0 fully saturated rings. The summed E-state index contributed by atoms with van der Waals surface area (Å²) in [7, 11) is 2.07. The summed E-state index contributed by atoms with van der Waals surface area (Å²) in [5.74, 6) is -0.326. The minimum Gasteiger partial charge on any atom is -0.368 e. The smallest absolute Gasteiger partial charge is 0.243 e. The van der Waals surface area contributed by atoms with Gasteiger partial charge < -0.3 is 10.6 Å². The summed E-state index contributed by atoms with van der Waals surface area (Å²) < 4.78 is 0. The van der Waals surface area contributed by atoms with Gasteiger partial charge in [0.25, 0.3) is 0 Å². The number of amides is 1. The maximum atomic E-state index is 12.3. The van der Waals surface area contributed by atoms with E-state index in [0.29, 0.717) is 19.1 Å². The van der Waals surface area contributed by atoms with E-state index in [1.54, 1.807) is 0 Å². The Bertz CT molecular complexity index is 431. The Morgan fingerprint density at radius 2 is 1.81 bits per heavy atom. The summed E-state index contributed by atoms with van der Waals surface area (Å²) in [5, 5.41) is 3.33. The van der Waals surface area contributed by atoms with Crippen LogP contribution in [0, 0.1) is 0 Å². The molecule has 3 N–H and O–H groups in total. The number of hydrogen-bond donors (Lipinski definition) is 2. The second kappa shape index (κ2) is 8.15. The number of nitrogens with one attached hydrogen (secondary N) is 1. The number of carbonyl (C=O) groups excluding carboxylic acids is 1. The Hall–Kier alpha value is -1.39. The van der Waals surface area contributed by atoms with Crippen LogP contribution in [0.25, 0.3) is 0 Å². The van der Waals surface area contributed by atoms with E-state index in [0.717, 1.165) is 18.4 Å². The fourth-order valence-corrected chi connectivity index (χ4v) is 3.00. The van der Waals surface area contributed by atoms with E-state index >= 15 is 0 Å². The second-order valence-electron chi connectivity index (χ2n) is 5.55. The molecule has 4 heteroatoms. The monoisotopic (exact) mass is 291 g/mol. The molecule has 1 aromatic rings. The van der Waals surface area contributed by atoms with Gasteiger partial charge in [-0.05, 0) is 32.0 Å². The van der Waals surface area contributed by atoms with E-state index in [-0.39, 0.29) is 5.91 Å². The van der Waals surface area contributed by atoms with Crippen molar-refractivity contribution in [1.29, 1.82) is 0 Å².